The van der Waals surface area contributed by atoms with Crippen LogP contribution in [0.1, 0.15) is 25.7 Å². The second-order valence-electron chi connectivity index (χ2n) is 4.35. The number of hydrogen-bond acceptors (Lipinski definition) is 7. The summed E-state index contributed by atoms with van der Waals surface area (Å²) in [5.41, 5.74) is 2.00. The van der Waals surface area contributed by atoms with E-state index in [1.807, 2.05) is 0 Å². The fraction of sp³-hybridized carbons (Fsp3) is 0.600. The molecule has 0 atom stereocenters. The summed E-state index contributed by atoms with van der Waals surface area (Å²) >= 11 is 0. The molecule has 1 aromatic heterocycles. The Labute approximate surface area is 104 Å². The van der Waals surface area contributed by atoms with Gasteiger partial charge in [0, 0.05) is 6.54 Å². The fourth-order valence-electron chi connectivity index (χ4n) is 2.24. The van der Waals surface area contributed by atoms with E-state index in [-0.39, 0.29) is 17.3 Å². The van der Waals surface area contributed by atoms with Gasteiger partial charge >= 0.3 is 5.69 Å². The molecule has 8 nitrogen and oxygen atoms in total. The Bertz CT molecular complexity index is 432. The average molecular weight is 252 g/mol. The number of rotatable bonds is 5. The van der Waals surface area contributed by atoms with Crippen LogP contribution in [-0.2, 0) is 0 Å². The van der Waals surface area contributed by atoms with E-state index in [1.54, 1.807) is 0 Å². The zero-order chi connectivity index (χ0) is 13.0. The van der Waals surface area contributed by atoms with Gasteiger partial charge in [-0.2, -0.15) is 0 Å². The van der Waals surface area contributed by atoms with Crippen molar-refractivity contribution in [1.29, 1.82) is 0 Å². The van der Waals surface area contributed by atoms with Crippen molar-refractivity contribution in [2.24, 2.45) is 11.8 Å². The lowest BCUT2D eigenvalue weighted by atomic mass is 10.1. The summed E-state index contributed by atoms with van der Waals surface area (Å²) in [4.78, 5) is 18.1. The number of aromatic nitrogens is 2. The second-order valence-corrected chi connectivity index (χ2v) is 4.35. The number of nitrogens with one attached hydrogen (secondary N) is 2. The van der Waals surface area contributed by atoms with Crippen molar-refractivity contribution in [3.63, 3.8) is 0 Å². The van der Waals surface area contributed by atoms with Gasteiger partial charge in [-0.05, 0) is 18.8 Å². The Morgan fingerprint density at radius 3 is 2.67 bits per heavy atom. The van der Waals surface area contributed by atoms with Crippen molar-refractivity contribution >= 4 is 17.3 Å². The topological polar surface area (TPSA) is 119 Å². The highest BCUT2D eigenvalue weighted by atomic mass is 16.6. The Morgan fingerprint density at radius 2 is 2.06 bits per heavy atom. The molecule has 0 saturated heterocycles. The first-order valence-corrected chi connectivity index (χ1v) is 5.92. The summed E-state index contributed by atoms with van der Waals surface area (Å²) < 4.78 is 0. The van der Waals surface area contributed by atoms with Crippen LogP contribution in [0.3, 0.4) is 0 Å². The molecule has 1 aliphatic carbocycles. The normalized spacial score (nSPS) is 15.6. The van der Waals surface area contributed by atoms with E-state index >= 15 is 0 Å². The summed E-state index contributed by atoms with van der Waals surface area (Å²) in [6, 6.07) is 0. The van der Waals surface area contributed by atoms with Crippen molar-refractivity contribution in [1.82, 2.24) is 9.97 Å². The van der Waals surface area contributed by atoms with E-state index in [0.717, 1.165) is 12.8 Å². The van der Waals surface area contributed by atoms with Crippen molar-refractivity contribution in [2.45, 2.75) is 25.7 Å². The van der Waals surface area contributed by atoms with E-state index in [9.17, 15) is 10.1 Å². The number of nitrogens with two attached hydrogens (primary N) is 1. The van der Waals surface area contributed by atoms with Gasteiger partial charge in [0.25, 0.3) is 0 Å². The third kappa shape index (κ3) is 2.65. The SMILES string of the molecule is NNc1ncnc(NCC2CCCC2)c1[N+](=O)[O-]. The third-order valence-electron chi connectivity index (χ3n) is 3.17. The highest BCUT2D eigenvalue weighted by Gasteiger charge is 2.23. The number of hydrogen-bond donors (Lipinski definition) is 3. The first kappa shape index (κ1) is 12.5. The number of hydrazine groups is 1. The lowest BCUT2D eigenvalue weighted by Gasteiger charge is -2.11. The van der Waals surface area contributed by atoms with Crippen LogP contribution in [0.5, 0.6) is 0 Å². The minimum atomic E-state index is -0.536. The summed E-state index contributed by atoms with van der Waals surface area (Å²) in [6.45, 7) is 0.696. The number of nitrogen functional groups attached to an aromatic ring is 1. The maximum absolute atomic E-state index is 11.0. The smallest absolute Gasteiger partial charge is 0.354 e. The van der Waals surface area contributed by atoms with Crippen LogP contribution in [0.4, 0.5) is 17.3 Å². The Hall–Kier alpha value is -1.96. The van der Waals surface area contributed by atoms with E-state index in [2.05, 4.69) is 20.7 Å². The largest absolute Gasteiger partial charge is 0.364 e. The minimum Gasteiger partial charge on any atom is -0.364 e. The van der Waals surface area contributed by atoms with Gasteiger partial charge < -0.3 is 10.7 Å². The minimum absolute atomic E-state index is 0.0175. The maximum Gasteiger partial charge on any atom is 0.354 e. The van der Waals surface area contributed by atoms with Crippen LogP contribution in [0.2, 0.25) is 0 Å². The summed E-state index contributed by atoms with van der Waals surface area (Å²) in [7, 11) is 0. The predicted molar refractivity (Wildman–Crippen MR) is 66.9 cm³/mol. The molecule has 0 bridgehead atoms. The average Bonchev–Trinajstić information content (AvgIpc) is 2.88. The number of anilines is 2. The molecule has 18 heavy (non-hydrogen) atoms. The van der Waals surface area contributed by atoms with Gasteiger partial charge in [0.05, 0.1) is 4.92 Å². The predicted octanol–water partition coefficient (Wildman–Crippen LogP) is 1.27. The second kappa shape index (κ2) is 5.58. The van der Waals surface area contributed by atoms with Gasteiger partial charge in [-0.15, -0.1) is 0 Å². The molecule has 2 rings (SSSR count). The molecule has 0 aromatic carbocycles. The van der Waals surface area contributed by atoms with Crippen molar-refractivity contribution in [3.8, 4) is 0 Å². The first-order valence-electron chi connectivity index (χ1n) is 5.92. The quantitative estimate of drug-likeness (QED) is 0.410. The third-order valence-corrected chi connectivity index (χ3v) is 3.17. The van der Waals surface area contributed by atoms with E-state index in [4.69, 9.17) is 5.84 Å². The van der Waals surface area contributed by atoms with E-state index in [0.29, 0.717) is 12.5 Å². The van der Waals surface area contributed by atoms with Crippen molar-refractivity contribution in [2.75, 3.05) is 17.3 Å². The van der Waals surface area contributed by atoms with Gasteiger partial charge in [0.15, 0.2) is 0 Å². The van der Waals surface area contributed by atoms with Crippen molar-refractivity contribution in [3.05, 3.63) is 16.4 Å². The van der Waals surface area contributed by atoms with Crippen LogP contribution < -0.4 is 16.6 Å². The van der Waals surface area contributed by atoms with Gasteiger partial charge in [0.2, 0.25) is 11.6 Å². The molecule has 0 unspecified atom stereocenters. The molecule has 0 radical (unpaired) electrons. The van der Waals surface area contributed by atoms with Crippen LogP contribution in [0, 0.1) is 16.0 Å². The summed E-state index contributed by atoms with van der Waals surface area (Å²) in [5, 5.41) is 14.0. The molecule has 1 aliphatic rings. The highest BCUT2D eigenvalue weighted by Crippen LogP contribution is 2.30. The molecular weight excluding hydrogens is 236 g/mol. The zero-order valence-electron chi connectivity index (χ0n) is 9.93. The Kier molecular flexibility index (Phi) is 3.88. The molecule has 8 heteroatoms. The van der Waals surface area contributed by atoms with Crippen molar-refractivity contribution < 1.29 is 4.92 Å². The highest BCUT2D eigenvalue weighted by molar-refractivity contribution is 5.68. The zero-order valence-corrected chi connectivity index (χ0v) is 9.93. The molecule has 98 valence electrons. The molecule has 1 fully saturated rings. The molecule has 1 aromatic rings. The molecule has 1 heterocycles. The number of nitrogens with zero attached hydrogens (tertiary/aromatic N) is 3. The van der Waals surface area contributed by atoms with E-state index < -0.39 is 4.92 Å². The standard InChI is InChI=1S/C10H16N6O2/c11-15-10-8(16(17)18)9(13-6-14-10)12-5-7-3-1-2-4-7/h6-7H,1-5,11H2,(H2,12,13,14,15). The Morgan fingerprint density at radius 1 is 1.39 bits per heavy atom. The van der Waals surface area contributed by atoms with Gasteiger partial charge in [-0.1, -0.05) is 12.8 Å². The van der Waals surface area contributed by atoms with Crippen LogP contribution in [-0.4, -0.2) is 21.4 Å². The summed E-state index contributed by atoms with van der Waals surface area (Å²) in [5.74, 6) is 6.00. The monoisotopic (exact) mass is 252 g/mol. The maximum atomic E-state index is 11.0. The molecular formula is C10H16N6O2. The number of nitro groups is 1. The van der Waals surface area contributed by atoms with Crippen LogP contribution >= 0.6 is 0 Å². The first-order chi connectivity index (χ1) is 8.72. The molecule has 0 spiro atoms. The van der Waals surface area contributed by atoms with Gasteiger partial charge in [-0.25, -0.2) is 15.8 Å². The van der Waals surface area contributed by atoms with E-state index in [1.165, 1.54) is 19.2 Å². The lowest BCUT2D eigenvalue weighted by Crippen LogP contribution is -2.16. The fourth-order valence-corrected chi connectivity index (χ4v) is 2.24. The molecule has 0 amide bonds. The van der Waals surface area contributed by atoms with Gasteiger partial charge in [0.1, 0.15) is 6.33 Å². The van der Waals surface area contributed by atoms with Gasteiger partial charge in [-0.3, -0.25) is 10.1 Å². The molecule has 1 saturated carbocycles. The molecule has 4 N–H and O–H groups in total. The van der Waals surface area contributed by atoms with Crippen LogP contribution in [0.15, 0.2) is 6.33 Å². The lowest BCUT2D eigenvalue weighted by molar-refractivity contribution is -0.383. The summed E-state index contributed by atoms with van der Waals surface area (Å²) in [6.07, 6.45) is 6.03. The van der Waals surface area contributed by atoms with Crippen LogP contribution in [0.25, 0.3) is 0 Å². The molecule has 0 aliphatic heterocycles. The Balaban J connectivity index is 2.13.